The standard InChI is InChI=1S/C18H16N2O3/c21-15-9-5-4-8-14(15)20-17(22)10-11-18-19-12-16(23-18)13-6-2-1-3-7-13/h1-9,12,21H,10-11H2,(H,20,22). The van der Waals surface area contributed by atoms with E-state index in [1.165, 1.54) is 6.07 Å². The molecule has 0 saturated carbocycles. The Bertz CT molecular complexity index is 797. The number of amides is 1. The Morgan fingerprint density at radius 1 is 1.09 bits per heavy atom. The zero-order chi connectivity index (χ0) is 16.1. The number of nitrogens with one attached hydrogen (secondary N) is 1. The number of benzene rings is 2. The summed E-state index contributed by atoms with van der Waals surface area (Å²) in [6.45, 7) is 0. The maximum absolute atomic E-state index is 11.9. The van der Waals surface area contributed by atoms with Crippen LogP contribution in [-0.4, -0.2) is 16.0 Å². The molecule has 116 valence electrons. The zero-order valence-corrected chi connectivity index (χ0v) is 12.4. The number of anilines is 1. The van der Waals surface area contributed by atoms with Crippen LogP contribution in [0.3, 0.4) is 0 Å². The van der Waals surface area contributed by atoms with Gasteiger partial charge in [0.15, 0.2) is 11.7 Å². The van der Waals surface area contributed by atoms with Gasteiger partial charge in [0, 0.05) is 18.4 Å². The summed E-state index contributed by atoms with van der Waals surface area (Å²) in [6, 6.07) is 16.3. The first-order valence-electron chi connectivity index (χ1n) is 7.30. The van der Waals surface area contributed by atoms with E-state index in [0.717, 1.165) is 5.56 Å². The molecule has 0 radical (unpaired) electrons. The number of carbonyl (C=O) groups excluding carboxylic acids is 1. The molecule has 0 fully saturated rings. The fourth-order valence-electron chi connectivity index (χ4n) is 2.17. The van der Waals surface area contributed by atoms with Gasteiger partial charge >= 0.3 is 0 Å². The molecule has 3 aromatic rings. The van der Waals surface area contributed by atoms with Crippen LogP contribution in [-0.2, 0) is 11.2 Å². The molecule has 1 heterocycles. The van der Waals surface area contributed by atoms with E-state index in [4.69, 9.17) is 4.42 Å². The van der Waals surface area contributed by atoms with Crippen LogP contribution in [0.15, 0.2) is 65.2 Å². The molecular formula is C18H16N2O3. The average molecular weight is 308 g/mol. The maximum atomic E-state index is 11.9. The van der Waals surface area contributed by atoms with Gasteiger partial charge in [-0.3, -0.25) is 4.79 Å². The zero-order valence-electron chi connectivity index (χ0n) is 12.4. The normalized spacial score (nSPS) is 10.4. The lowest BCUT2D eigenvalue weighted by molar-refractivity contribution is -0.116. The molecule has 0 bridgehead atoms. The van der Waals surface area contributed by atoms with Crippen LogP contribution in [0.4, 0.5) is 5.69 Å². The van der Waals surface area contributed by atoms with E-state index >= 15 is 0 Å². The first-order valence-corrected chi connectivity index (χ1v) is 7.30. The van der Waals surface area contributed by atoms with Gasteiger partial charge in [-0.05, 0) is 12.1 Å². The van der Waals surface area contributed by atoms with Crippen molar-refractivity contribution in [3.8, 4) is 17.1 Å². The van der Waals surface area contributed by atoms with E-state index in [2.05, 4.69) is 10.3 Å². The van der Waals surface area contributed by atoms with Crippen molar-refractivity contribution in [1.82, 2.24) is 4.98 Å². The fraction of sp³-hybridized carbons (Fsp3) is 0.111. The Labute approximate surface area is 133 Å². The van der Waals surface area contributed by atoms with E-state index < -0.39 is 0 Å². The molecule has 0 aliphatic heterocycles. The number of oxazole rings is 1. The van der Waals surface area contributed by atoms with E-state index in [9.17, 15) is 9.90 Å². The number of phenols is 1. The summed E-state index contributed by atoms with van der Waals surface area (Å²) >= 11 is 0. The number of aromatic hydroxyl groups is 1. The third-order valence-electron chi connectivity index (χ3n) is 3.36. The second-order valence-electron chi connectivity index (χ2n) is 5.05. The van der Waals surface area contributed by atoms with Gasteiger partial charge in [-0.1, -0.05) is 42.5 Å². The molecule has 3 rings (SSSR count). The summed E-state index contributed by atoms with van der Waals surface area (Å²) in [5.74, 6) is 1.03. The highest BCUT2D eigenvalue weighted by molar-refractivity contribution is 5.92. The summed E-state index contributed by atoms with van der Waals surface area (Å²) in [4.78, 5) is 16.1. The fourth-order valence-corrected chi connectivity index (χ4v) is 2.17. The van der Waals surface area contributed by atoms with Crippen LogP contribution < -0.4 is 5.32 Å². The lowest BCUT2D eigenvalue weighted by Gasteiger charge is -2.05. The summed E-state index contributed by atoms with van der Waals surface area (Å²) < 4.78 is 5.65. The smallest absolute Gasteiger partial charge is 0.224 e. The van der Waals surface area contributed by atoms with Crippen LogP contribution >= 0.6 is 0 Å². The van der Waals surface area contributed by atoms with E-state index in [1.807, 2.05) is 30.3 Å². The van der Waals surface area contributed by atoms with Crippen molar-refractivity contribution >= 4 is 11.6 Å². The molecular weight excluding hydrogens is 292 g/mol. The Hall–Kier alpha value is -3.08. The molecule has 0 atom stereocenters. The number of carbonyl (C=O) groups is 1. The molecule has 0 aliphatic rings. The molecule has 0 spiro atoms. The molecule has 23 heavy (non-hydrogen) atoms. The van der Waals surface area contributed by atoms with Crippen LogP contribution in [0.1, 0.15) is 12.3 Å². The third-order valence-corrected chi connectivity index (χ3v) is 3.36. The SMILES string of the molecule is O=C(CCc1ncc(-c2ccccc2)o1)Nc1ccccc1O. The molecule has 1 aromatic heterocycles. The largest absolute Gasteiger partial charge is 0.506 e. The Kier molecular flexibility index (Phi) is 4.38. The van der Waals surface area contributed by atoms with Crippen LogP contribution in [0, 0.1) is 0 Å². The molecule has 5 heteroatoms. The van der Waals surface area contributed by atoms with Gasteiger partial charge in [0.1, 0.15) is 5.75 Å². The van der Waals surface area contributed by atoms with Crippen molar-refractivity contribution in [2.45, 2.75) is 12.8 Å². The predicted octanol–water partition coefficient (Wildman–Crippen LogP) is 3.62. The van der Waals surface area contributed by atoms with Gasteiger partial charge in [-0.15, -0.1) is 0 Å². The number of para-hydroxylation sites is 2. The molecule has 2 aromatic carbocycles. The summed E-state index contributed by atoms with van der Waals surface area (Å²) in [7, 11) is 0. The number of nitrogens with zero attached hydrogens (tertiary/aromatic N) is 1. The highest BCUT2D eigenvalue weighted by Crippen LogP contribution is 2.22. The second kappa shape index (κ2) is 6.79. The van der Waals surface area contributed by atoms with Gasteiger partial charge in [0.2, 0.25) is 5.91 Å². The van der Waals surface area contributed by atoms with E-state index in [-0.39, 0.29) is 18.1 Å². The minimum absolute atomic E-state index is 0.0448. The second-order valence-corrected chi connectivity index (χ2v) is 5.05. The summed E-state index contributed by atoms with van der Waals surface area (Å²) in [6.07, 6.45) is 2.28. The van der Waals surface area contributed by atoms with Crippen molar-refractivity contribution in [3.63, 3.8) is 0 Å². The topological polar surface area (TPSA) is 75.4 Å². The number of hydrogen-bond acceptors (Lipinski definition) is 4. The van der Waals surface area contributed by atoms with Crippen LogP contribution in [0.5, 0.6) is 5.75 Å². The third kappa shape index (κ3) is 3.77. The van der Waals surface area contributed by atoms with Gasteiger partial charge in [-0.25, -0.2) is 4.98 Å². The Morgan fingerprint density at radius 2 is 1.83 bits per heavy atom. The molecule has 0 unspecified atom stereocenters. The lowest BCUT2D eigenvalue weighted by atomic mass is 10.2. The molecule has 2 N–H and O–H groups in total. The number of hydrogen-bond donors (Lipinski definition) is 2. The number of aryl methyl sites for hydroxylation is 1. The first kappa shape index (κ1) is 14.8. The van der Waals surface area contributed by atoms with Gasteiger partial charge in [-0.2, -0.15) is 0 Å². The van der Waals surface area contributed by atoms with Crippen LogP contribution in [0.2, 0.25) is 0 Å². The minimum Gasteiger partial charge on any atom is -0.506 e. The number of rotatable bonds is 5. The van der Waals surface area contributed by atoms with E-state index in [0.29, 0.717) is 23.8 Å². The quantitative estimate of drug-likeness (QED) is 0.706. The van der Waals surface area contributed by atoms with Gasteiger partial charge in [0.05, 0.1) is 11.9 Å². The van der Waals surface area contributed by atoms with E-state index in [1.54, 1.807) is 24.4 Å². The monoisotopic (exact) mass is 308 g/mol. The lowest BCUT2D eigenvalue weighted by Crippen LogP contribution is -2.12. The van der Waals surface area contributed by atoms with Crippen molar-refractivity contribution in [1.29, 1.82) is 0 Å². The first-order chi connectivity index (χ1) is 11.2. The summed E-state index contributed by atoms with van der Waals surface area (Å²) in [5.41, 5.74) is 1.35. The highest BCUT2D eigenvalue weighted by atomic mass is 16.4. The highest BCUT2D eigenvalue weighted by Gasteiger charge is 2.10. The molecule has 1 amide bonds. The average Bonchev–Trinajstić information content (AvgIpc) is 3.05. The van der Waals surface area contributed by atoms with Crippen molar-refractivity contribution in [2.75, 3.05) is 5.32 Å². The van der Waals surface area contributed by atoms with Crippen molar-refractivity contribution in [2.24, 2.45) is 0 Å². The minimum atomic E-state index is -0.203. The van der Waals surface area contributed by atoms with Gasteiger partial charge < -0.3 is 14.8 Å². The maximum Gasteiger partial charge on any atom is 0.224 e. The van der Waals surface area contributed by atoms with Crippen LogP contribution in [0.25, 0.3) is 11.3 Å². The summed E-state index contributed by atoms with van der Waals surface area (Å²) in [5, 5.41) is 12.3. The van der Waals surface area contributed by atoms with Gasteiger partial charge in [0.25, 0.3) is 0 Å². The molecule has 0 aliphatic carbocycles. The van der Waals surface area contributed by atoms with Crippen molar-refractivity contribution in [3.05, 3.63) is 66.7 Å². The number of phenolic OH excluding ortho intramolecular Hbond substituents is 1. The van der Waals surface area contributed by atoms with Crippen molar-refractivity contribution < 1.29 is 14.3 Å². The molecule has 5 nitrogen and oxygen atoms in total. The molecule has 0 saturated heterocycles. The predicted molar refractivity (Wildman–Crippen MR) is 87.0 cm³/mol. The Morgan fingerprint density at radius 3 is 2.61 bits per heavy atom. The number of aromatic nitrogens is 1. The Balaban J connectivity index is 1.58.